The van der Waals surface area contributed by atoms with Crippen molar-refractivity contribution in [1.82, 2.24) is 15.5 Å². The van der Waals surface area contributed by atoms with E-state index in [9.17, 15) is 4.79 Å². The normalized spacial score (nSPS) is 9.00. The Labute approximate surface area is 51.1 Å². The van der Waals surface area contributed by atoms with Gasteiger partial charge in [-0.1, -0.05) is 5.16 Å². The Morgan fingerprint density at radius 2 is 2.67 bits per heavy atom. The molecule has 9 heavy (non-hydrogen) atoms. The van der Waals surface area contributed by atoms with Gasteiger partial charge in [-0.3, -0.25) is 4.79 Å². The van der Waals surface area contributed by atoms with Gasteiger partial charge in [0, 0.05) is 7.05 Å². The molecule has 0 aliphatic rings. The summed E-state index contributed by atoms with van der Waals surface area (Å²) in [5.41, 5.74) is 0. The lowest BCUT2D eigenvalue weighted by Gasteiger charge is -1.86. The maximum atomic E-state index is 10.6. The molecule has 5 nitrogen and oxygen atoms in total. The fraction of sp³-hybridized carbons (Fsp3) is 0.250. The highest BCUT2D eigenvalue weighted by molar-refractivity contribution is 5.88. The first-order chi connectivity index (χ1) is 4.34. The molecular formula is C4H5N3O2. The van der Waals surface area contributed by atoms with E-state index in [-0.39, 0.29) is 11.8 Å². The second-order valence-corrected chi connectivity index (χ2v) is 1.33. The Hall–Kier alpha value is -1.39. The third-order valence-corrected chi connectivity index (χ3v) is 0.783. The first-order valence-corrected chi connectivity index (χ1v) is 2.33. The maximum absolute atomic E-state index is 10.6. The molecule has 1 heterocycles. The van der Waals surface area contributed by atoms with Crippen LogP contribution < -0.4 is 5.32 Å². The van der Waals surface area contributed by atoms with E-state index in [4.69, 9.17) is 0 Å². The Balaban J connectivity index is 2.77. The average molecular weight is 127 g/mol. The molecule has 0 unspecified atom stereocenters. The fourth-order valence-electron chi connectivity index (χ4n) is 0.380. The maximum Gasteiger partial charge on any atom is 0.315 e. The molecule has 1 amide bonds. The van der Waals surface area contributed by atoms with Crippen molar-refractivity contribution < 1.29 is 9.32 Å². The van der Waals surface area contributed by atoms with Crippen LogP contribution in [0, 0.1) is 0 Å². The molecule has 0 radical (unpaired) electrons. The van der Waals surface area contributed by atoms with Crippen LogP contribution in [0.2, 0.25) is 0 Å². The molecule has 0 aliphatic carbocycles. The number of carbonyl (C=O) groups excluding carboxylic acids is 1. The summed E-state index contributed by atoms with van der Waals surface area (Å²) in [6, 6.07) is 0. The van der Waals surface area contributed by atoms with Crippen LogP contribution in [0.15, 0.2) is 10.9 Å². The quantitative estimate of drug-likeness (QED) is 0.548. The standard InChI is InChI=1S/C4H5N3O2/c1-5-3(8)4-6-2-7-9-4/h2H,1H3,(H,5,8). The van der Waals surface area contributed by atoms with Gasteiger partial charge in [0.15, 0.2) is 6.33 Å². The zero-order valence-electron chi connectivity index (χ0n) is 4.79. The number of rotatable bonds is 1. The highest BCUT2D eigenvalue weighted by atomic mass is 16.5. The summed E-state index contributed by atoms with van der Waals surface area (Å²) in [6.07, 6.45) is 1.17. The van der Waals surface area contributed by atoms with Gasteiger partial charge in [0.05, 0.1) is 0 Å². The minimum absolute atomic E-state index is 0.0162. The summed E-state index contributed by atoms with van der Waals surface area (Å²) >= 11 is 0. The number of nitrogens with zero attached hydrogens (tertiary/aromatic N) is 2. The van der Waals surface area contributed by atoms with Crippen molar-refractivity contribution in [2.45, 2.75) is 0 Å². The van der Waals surface area contributed by atoms with Crippen molar-refractivity contribution in [3.63, 3.8) is 0 Å². The van der Waals surface area contributed by atoms with Crippen LogP contribution in [0.4, 0.5) is 0 Å². The van der Waals surface area contributed by atoms with Gasteiger partial charge in [0.25, 0.3) is 0 Å². The number of nitrogens with one attached hydrogen (secondary N) is 1. The van der Waals surface area contributed by atoms with Crippen molar-refractivity contribution in [3.8, 4) is 0 Å². The minimum atomic E-state index is -0.368. The summed E-state index contributed by atoms with van der Waals surface area (Å²) in [5, 5.41) is 5.58. The number of aromatic nitrogens is 2. The van der Waals surface area contributed by atoms with Gasteiger partial charge in [-0.25, -0.2) is 0 Å². The third kappa shape index (κ3) is 1.04. The van der Waals surface area contributed by atoms with E-state index in [0.29, 0.717) is 0 Å². The molecule has 0 saturated heterocycles. The molecule has 1 N–H and O–H groups in total. The number of hydrogen-bond acceptors (Lipinski definition) is 4. The SMILES string of the molecule is CNC(=O)c1ncno1. The molecule has 0 saturated carbocycles. The van der Waals surface area contributed by atoms with E-state index < -0.39 is 0 Å². The van der Waals surface area contributed by atoms with E-state index in [1.165, 1.54) is 13.4 Å². The number of carbonyl (C=O) groups is 1. The van der Waals surface area contributed by atoms with Gasteiger partial charge < -0.3 is 9.84 Å². The molecule has 0 fully saturated rings. The molecule has 48 valence electrons. The van der Waals surface area contributed by atoms with E-state index in [1.807, 2.05) is 0 Å². The van der Waals surface area contributed by atoms with E-state index in [2.05, 4.69) is 20.0 Å². The lowest BCUT2D eigenvalue weighted by Crippen LogP contribution is -2.17. The zero-order valence-corrected chi connectivity index (χ0v) is 4.79. The van der Waals surface area contributed by atoms with Crippen molar-refractivity contribution in [2.24, 2.45) is 0 Å². The predicted molar refractivity (Wildman–Crippen MR) is 27.7 cm³/mol. The van der Waals surface area contributed by atoms with Crippen LogP contribution in [0.1, 0.15) is 10.7 Å². The van der Waals surface area contributed by atoms with Gasteiger partial charge in [-0.05, 0) is 0 Å². The molecule has 0 aromatic carbocycles. The van der Waals surface area contributed by atoms with Crippen LogP contribution >= 0.6 is 0 Å². The second kappa shape index (κ2) is 2.25. The Bertz CT molecular complexity index is 194. The van der Waals surface area contributed by atoms with Crippen LogP contribution in [0.3, 0.4) is 0 Å². The number of hydrogen-bond donors (Lipinski definition) is 1. The smallest absolute Gasteiger partial charge is 0.315 e. The van der Waals surface area contributed by atoms with Crippen LogP contribution in [-0.2, 0) is 0 Å². The van der Waals surface area contributed by atoms with Gasteiger partial charge in [0.1, 0.15) is 0 Å². The van der Waals surface area contributed by atoms with Crippen LogP contribution in [0.5, 0.6) is 0 Å². The first kappa shape index (κ1) is 5.74. The highest BCUT2D eigenvalue weighted by Crippen LogP contribution is 1.87. The molecule has 0 aliphatic heterocycles. The third-order valence-electron chi connectivity index (χ3n) is 0.783. The summed E-state index contributed by atoms with van der Waals surface area (Å²) in [6.45, 7) is 0. The predicted octanol–water partition coefficient (Wildman–Crippen LogP) is -0.571. The molecule has 1 aromatic heterocycles. The molecule has 0 atom stereocenters. The minimum Gasteiger partial charge on any atom is -0.351 e. The van der Waals surface area contributed by atoms with Gasteiger partial charge in [-0.2, -0.15) is 4.98 Å². The molecule has 5 heteroatoms. The van der Waals surface area contributed by atoms with E-state index in [0.717, 1.165) is 0 Å². The summed E-state index contributed by atoms with van der Waals surface area (Å²) < 4.78 is 4.41. The molecular weight excluding hydrogens is 122 g/mol. The highest BCUT2D eigenvalue weighted by Gasteiger charge is 2.06. The Morgan fingerprint density at radius 1 is 1.89 bits per heavy atom. The lowest BCUT2D eigenvalue weighted by molar-refractivity contribution is 0.0919. The first-order valence-electron chi connectivity index (χ1n) is 2.33. The largest absolute Gasteiger partial charge is 0.351 e. The van der Waals surface area contributed by atoms with Crippen LogP contribution in [-0.4, -0.2) is 23.1 Å². The lowest BCUT2D eigenvalue weighted by atomic mass is 10.6. The Morgan fingerprint density at radius 3 is 3.11 bits per heavy atom. The zero-order chi connectivity index (χ0) is 6.69. The van der Waals surface area contributed by atoms with Crippen molar-refractivity contribution in [3.05, 3.63) is 12.2 Å². The van der Waals surface area contributed by atoms with Crippen molar-refractivity contribution >= 4 is 5.91 Å². The molecule has 1 aromatic rings. The van der Waals surface area contributed by atoms with Gasteiger partial charge in [0.2, 0.25) is 0 Å². The van der Waals surface area contributed by atoms with Gasteiger partial charge in [-0.15, -0.1) is 0 Å². The van der Waals surface area contributed by atoms with Crippen molar-refractivity contribution in [2.75, 3.05) is 7.05 Å². The monoisotopic (exact) mass is 127 g/mol. The summed E-state index contributed by atoms with van der Waals surface area (Å²) in [7, 11) is 1.49. The topological polar surface area (TPSA) is 68.0 Å². The molecule has 0 bridgehead atoms. The summed E-state index contributed by atoms with van der Waals surface area (Å²) in [4.78, 5) is 14.1. The van der Waals surface area contributed by atoms with Gasteiger partial charge >= 0.3 is 11.8 Å². The molecule has 1 rings (SSSR count). The molecule has 0 spiro atoms. The van der Waals surface area contributed by atoms with E-state index in [1.54, 1.807) is 0 Å². The summed E-state index contributed by atoms with van der Waals surface area (Å²) in [5.74, 6) is -0.384. The van der Waals surface area contributed by atoms with Crippen LogP contribution in [0.25, 0.3) is 0 Å². The van der Waals surface area contributed by atoms with Crippen molar-refractivity contribution in [1.29, 1.82) is 0 Å². The van der Waals surface area contributed by atoms with E-state index >= 15 is 0 Å². The number of amides is 1. The fourth-order valence-corrected chi connectivity index (χ4v) is 0.380. The average Bonchev–Trinajstić information content (AvgIpc) is 2.37. The second-order valence-electron chi connectivity index (χ2n) is 1.33. The Kier molecular flexibility index (Phi) is 1.44.